The van der Waals surface area contributed by atoms with Crippen molar-refractivity contribution in [1.82, 2.24) is 15.3 Å². The third-order valence-corrected chi connectivity index (χ3v) is 6.23. The fourth-order valence-corrected chi connectivity index (χ4v) is 4.25. The topological polar surface area (TPSA) is 125 Å². The molecule has 0 aliphatic carbocycles. The molecule has 2 aromatic rings. The largest absolute Gasteiger partial charge is 0.480 e. The zero-order valence-corrected chi connectivity index (χ0v) is 20.6. The van der Waals surface area contributed by atoms with Crippen LogP contribution in [0.4, 0.5) is 4.79 Å². The van der Waals surface area contributed by atoms with E-state index in [2.05, 4.69) is 5.43 Å². The zero-order chi connectivity index (χ0) is 25.8. The molecule has 1 aliphatic rings. The molecule has 9 nitrogen and oxygen atoms in total. The number of benzene rings is 2. The summed E-state index contributed by atoms with van der Waals surface area (Å²) in [5.74, 6) is -1.49. The minimum absolute atomic E-state index is 0.123. The fourth-order valence-electron chi connectivity index (χ4n) is 4.25. The highest BCUT2D eigenvalue weighted by molar-refractivity contribution is 5.83. The molecule has 2 atom stereocenters. The number of carbonyl (C=O) groups excluding carboxylic acids is 2. The molecule has 1 fully saturated rings. The van der Waals surface area contributed by atoms with E-state index < -0.39 is 30.1 Å². The number of urea groups is 1. The number of likely N-dealkylation sites (tertiary alicyclic amines) is 1. The summed E-state index contributed by atoms with van der Waals surface area (Å²) in [5, 5.41) is 10.9. The molecule has 2 aromatic carbocycles. The van der Waals surface area contributed by atoms with Gasteiger partial charge in [0, 0.05) is 13.1 Å². The van der Waals surface area contributed by atoms with E-state index in [0.29, 0.717) is 58.2 Å². The first-order valence-electron chi connectivity index (χ1n) is 12.5. The number of hydrazine groups is 1. The van der Waals surface area contributed by atoms with Crippen LogP contribution in [0.25, 0.3) is 0 Å². The van der Waals surface area contributed by atoms with E-state index in [-0.39, 0.29) is 6.61 Å². The number of rotatable bonds is 13. The monoisotopic (exact) mass is 496 g/mol. The van der Waals surface area contributed by atoms with Gasteiger partial charge in [-0.3, -0.25) is 9.80 Å². The molecule has 9 heteroatoms. The molecule has 2 amide bonds. The van der Waals surface area contributed by atoms with Gasteiger partial charge in [0.1, 0.15) is 18.7 Å². The maximum absolute atomic E-state index is 13.4. The highest BCUT2D eigenvalue weighted by Gasteiger charge is 2.37. The van der Waals surface area contributed by atoms with Crippen molar-refractivity contribution in [2.45, 2.75) is 57.2 Å². The molecule has 1 unspecified atom stereocenters. The van der Waals surface area contributed by atoms with E-state index in [1.807, 2.05) is 60.7 Å². The van der Waals surface area contributed by atoms with Crippen LogP contribution in [0.3, 0.4) is 0 Å². The van der Waals surface area contributed by atoms with Crippen molar-refractivity contribution in [3.8, 4) is 0 Å². The molecule has 194 valence electrons. The van der Waals surface area contributed by atoms with E-state index in [9.17, 15) is 19.5 Å². The number of nitrogens with two attached hydrogens (primary N) is 1. The number of nitrogens with one attached hydrogen (secondary N) is 1. The van der Waals surface area contributed by atoms with Crippen LogP contribution in [0.5, 0.6) is 0 Å². The number of hydrogen-bond acceptors (Lipinski definition) is 6. The quantitative estimate of drug-likeness (QED) is 0.221. The molecule has 1 heterocycles. The number of carboxylic acids is 1. The smallest absolute Gasteiger partial charge is 0.335 e. The van der Waals surface area contributed by atoms with Crippen molar-refractivity contribution in [1.29, 1.82) is 0 Å². The van der Waals surface area contributed by atoms with E-state index in [0.717, 1.165) is 11.1 Å². The van der Waals surface area contributed by atoms with E-state index in [1.54, 1.807) is 0 Å². The molecular weight excluding hydrogens is 460 g/mol. The Kier molecular flexibility index (Phi) is 10.7. The lowest BCUT2D eigenvalue weighted by Gasteiger charge is -2.33. The van der Waals surface area contributed by atoms with Crippen molar-refractivity contribution < 1.29 is 24.2 Å². The number of nitrogens with zero attached hydrogens (tertiary/aromatic N) is 2. The first-order valence-corrected chi connectivity index (χ1v) is 12.5. The van der Waals surface area contributed by atoms with Gasteiger partial charge in [-0.1, -0.05) is 60.7 Å². The van der Waals surface area contributed by atoms with E-state index in [1.165, 1.54) is 9.91 Å². The minimum Gasteiger partial charge on any atom is -0.480 e. The van der Waals surface area contributed by atoms with Crippen molar-refractivity contribution in [3.63, 3.8) is 0 Å². The number of carbonyl (C=O) groups is 3. The standard InChI is InChI=1S/C27H36N4O5/c28-17-7-8-19-31(27(35)30-18-9-14-24(30)25(32)33)29-23(16-15-21-10-3-1-4-11-21)26(34)36-20-22-12-5-2-6-13-22/h1-6,10-13,23-24,29H,7-9,14-20,28H2,(H,32,33)/t23?,24-/m0/s1. The highest BCUT2D eigenvalue weighted by atomic mass is 16.5. The van der Waals surface area contributed by atoms with Gasteiger partial charge in [-0.2, -0.15) is 0 Å². The maximum Gasteiger partial charge on any atom is 0.335 e. The number of carboxylic acid groups (broad SMARTS) is 1. The third-order valence-electron chi connectivity index (χ3n) is 6.23. The fraction of sp³-hybridized carbons (Fsp3) is 0.444. The Morgan fingerprint density at radius 2 is 1.72 bits per heavy atom. The molecule has 1 saturated heterocycles. The first-order chi connectivity index (χ1) is 17.5. The predicted octanol–water partition coefficient (Wildman–Crippen LogP) is 2.95. The molecular formula is C27H36N4O5. The number of amides is 2. The second-order valence-corrected chi connectivity index (χ2v) is 8.92. The van der Waals surface area contributed by atoms with Gasteiger partial charge in [-0.25, -0.2) is 15.0 Å². The van der Waals surface area contributed by atoms with Gasteiger partial charge >= 0.3 is 18.0 Å². The summed E-state index contributed by atoms with van der Waals surface area (Å²) in [5.41, 5.74) is 10.7. The van der Waals surface area contributed by atoms with Crippen molar-refractivity contribution in [2.75, 3.05) is 19.6 Å². The van der Waals surface area contributed by atoms with E-state index >= 15 is 0 Å². The summed E-state index contributed by atoms with van der Waals surface area (Å²) >= 11 is 0. The summed E-state index contributed by atoms with van der Waals surface area (Å²) in [6.07, 6.45) is 3.35. The molecule has 0 saturated carbocycles. The van der Waals surface area contributed by atoms with Crippen LogP contribution >= 0.6 is 0 Å². The Balaban J connectivity index is 1.75. The van der Waals surface area contributed by atoms with Crippen LogP contribution in [0.2, 0.25) is 0 Å². The number of unbranched alkanes of at least 4 members (excludes halogenated alkanes) is 1. The van der Waals surface area contributed by atoms with Crippen molar-refractivity contribution in [3.05, 3.63) is 71.8 Å². The molecule has 36 heavy (non-hydrogen) atoms. The second-order valence-electron chi connectivity index (χ2n) is 8.92. The number of esters is 1. The van der Waals surface area contributed by atoms with Gasteiger partial charge < -0.3 is 20.5 Å². The van der Waals surface area contributed by atoms with Crippen LogP contribution in [0.1, 0.15) is 43.2 Å². The number of aryl methyl sites for hydroxylation is 1. The predicted molar refractivity (Wildman–Crippen MR) is 136 cm³/mol. The lowest BCUT2D eigenvalue weighted by atomic mass is 10.1. The third kappa shape index (κ3) is 8.07. The summed E-state index contributed by atoms with van der Waals surface area (Å²) in [6, 6.07) is 17.1. The summed E-state index contributed by atoms with van der Waals surface area (Å²) in [6.45, 7) is 1.25. The van der Waals surface area contributed by atoms with Crippen LogP contribution in [0, 0.1) is 0 Å². The van der Waals surface area contributed by atoms with Crippen LogP contribution in [-0.2, 0) is 27.4 Å². The summed E-state index contributed by atoms with van der Waals surface area (Å²) < 4.78 is 5.60. The Hall–Kier alpha value is -3.43. The molecule has 0 aromatic heterocycles. The lowest BCUT2D eigenvalue weighted by Crippen LogP contribution is -2.57. The second kappa shape index (κ2) is 14.2. The number of hydrogen-bond donors (Lipinski definition) is 3. The van der Waals surface area contributed by atoms with Crippen molar-refractivity contribution >= 4 is 18.0 Å². The van der Waals surface area contributed by atoms with Crippen LogP contribution < -0.4 is 11.2 Å². The van der Waals surface area contributed by atoms with E-state index in [4.69, 9.17) is 10.5 Å². The Labute approximate surface area is 212 Å². The summed E-state index contributed by atoms with van der Waals surface area (Å²) in [4.78, 5) is 39.6. The van der Waals surface area contributed by atoms with Gasteiger partial charge in [0.05, 0.1) is 0 Å². The normalized spacial score (nSPS) is 15.9. The average Bonchev–Trinajstić information content (AvgIpc) is 3.40. The molecule has 0 spiro atoms. The van der Waals surface area contributed by atoms with Gasteiger partial charge in [-0.15, -0.1) is 0 Å². The van der Waals surface area contributed by atoms with Gasteiger partial charge in [0.2, 0.25) is 0 Å². The van der Waals surface area contributed by atoms with Gasteiger partial charge in [0.15, 0.2) is 0 Å². The zero-order valence-electron chi connectivity index (χ0n) is 20.6. The Morgan fingerprint density at radius 1 is 1.06 bits per heavy atom. The molecule has 3 rings (SSSR count). The molecule has 0 bridgehead atoms. The maximum atomic E-state index is 13.4. The van der Waals surface area contributed by atoms with Crippen LogP contribution in [-0.4, -0.2) is 64.7 Å². The van der Waals surface area contributed by atoms with Gasteiger partial charge in [0.25, 0.3) is 0 Å². The molecule has 4 N–H and O–H groups in total. The summed E-state index contributed by atoms with van der Waals surface area (Å²) in [7, 11) is 0. The van der Waals surface area contributed by atoms with Gasteiger partial charge in [-0.05, 0) is 56.2 Å². The number of aliphatic carboxylic acids is 1. The molecule has 0 radical (unpaired) electrons. The highest BCUT2D eigenvalue weighted by Crippen LogP contribution is 2.20. The SMILES string of the molecule is NCCCCN(NC(CCc1ccccc1)C(=O)OCc1ccccc1)C(=O)N1CCC[C@H]1C(=O)O. The van der Waals surface area contributed by atoms with Crippen LogP contribution in [0.15, 0.2) is 60.7 Å². The minimum atomic E-state index is -1.02. The lowest BCUT2D eigenvalue weighted by molar-refractivity contribution is -0.149. The number of ether oxygens (including phenoxy) is 1. The van der Waals surface area contributed by atoms with Crippen molar-refractivity contribution in [2.24, 2.45) is 5.73 Å². The first kappa shape index (κ1) is 27.2. The Morgan fingerprint density at radius 3 is 2.36 bits per heavy atom. The average molecular weight is 497 g/mol. The molecule has 1 aliphatic heterocycles. The Bertz CT molecular complexity index is 973.